The molecule has 0 atom stereocenters. The van der Waals surface area contributed by atoms with Crippen molar-refractivity contribution in [3.63, 3.8) is 0 Å². The molecule has 1 heterocycles. The molecule has 0 saturated heterocycles. The predicted octanol–water partition coefficient (Wildman–Crippen LogP) is 12.8. The van der Waals surface area contributed by atoms with Gasteiger partial charge in [0.2, 0.25) is 0 Å². The van der Waals surface area contributed by atoms with Crippen molar-refractivity contribution in [3.8, 4) is 0 Å². The van der Waals surface area contributed by atoms with Gasteiger partial charge in [0.15, 0.2) is 0 Å². The Balaban J connectivity index is 1.22. The average Bonchev–Trinajstić information content (AvgIpc) is 3.53. The maximum atomic E-state index is 6.48. The molecule has 0 unspecified atom stereocenters. The lowest BCUT2D eigenvalue weighted by Crippen LogP contribution is -2.09. The first kappa shape index (κ1) is 27.0. The van der Waals surface area contributed by atoms with E-state index in [1.807, 2.05) is 0 Å². The monoisotopic (exact) mass is 602 g/mol. The molecule has 47 heavy (non-hydrogen) atoms. The molecule has 1 aromatic heterocycles. The molecule has 0 amide bonds. The quantitative estimate of drug-likeness (QED) is 0.189. The first-order valence-corrected chi connectivity index (χ1v) is 15.9. The summed E-state index contributed by atoms with van der Waals surface area (Å²) in [7, 11) is 0. The van der Waals surface area contributed by atoms with Crippen molar-refractivity contribution in [1.29, 1.82) is 0 Å². The molecule has 0 aliphatic heterocycles. The molecule has 3 heteroatoms. The Morgan fingerprint density at radius 1 is 0.298 bits per heavy atom. The van der Waals surface area contributed by atoms with Crippen molar-refractivity contribution >= 4 is 77.6 Å². The van der Waals surface area contributed by atoms with Gasteiger partial charge in [0, 0.05) is 44.9 Å². The third-order valence-electron chi connectivity index (χ3n) is 8.97. The zero-order valence-electron chi connectivity index (χ0n) is 25.6. The summed E-state index contributed by atoms with van der Waals surface area (Å²) < 4.78 is 6.48. The molecule has 9 rings (SSSR count). The number of nitrogens with zero attached hydrogens (tertiary/aromatic N) is 2. The van der Waals surface area contributed by atoms with Crippen LogP contribution in [0.4, 0.5) is 34.1 Å². The Hall–Kier alpha value is -6.32. The Kier molecular flexibility index (Phi) is 6.46. The lowest BCUT2D eigenvalue weighted by atomic mass is 9.98. The average molecular weight is 603 g/mol. The van der Waals surface area contributed by atoms with E-state index < -0.39 is 0 Å². The van der Waals surface area contributed by atoms with Crippen LogP contribution in [0, 0.1) is 0 Å². The molecule has 0 spiro atoms. The van der Waals surface area contributed by atoms with Crippen molar-refractivity contribution in [2.45, 2.75) is 0 Å². The second kappa shape index (κ2) is 11.2. The van der Waals surface area contributed by atoms with Gasteiger partial charge in [-0.3, -0.25) is 0 Å². The van der Waals surface area contributed by atoms with Crippen molar-refractivity contribution < 1.29 is 4.42 Å². The molecule has 0 radical (unpaired) electrons. The SMILES string of the molecule is c1ccc(N(c2ccccc2)c2ccc3c(ccc4oc5ccc6cc(N(c7ccccc7)c7ccccc7)ccc6c5c43)c2)cc1. The normalized spacial score (nSPS) is 11.4. The van der Waals surface area contributed by atoms with Gasteiger partial charge in [0.25, 0.3) is 0 Å². The summed E-state index contributed by atoms with van der Waals surface area (Å²) in [6, 6.07) is 64.3. The van der Waals surface area contributed by atoms with Gasteiger partial charge < -0.3 is 14.2 Å². The van der Waals surface area contributed by atoms with Gasteiger partial charge in [0.05, 0.1) is 0 Å². The third-order valence-corrected chi connectivity index (χ3v) is 8.97. The lowest BCUT2D eigenvalue weighted by Gasteiger charge is -2.26. The molecule has 0 aliphatic carbocycles. The zero-order chi connectivity index (χ0) is 31.2. The smallest absolute Gasteiger partial charge is 0.136 e. The number of anilines is 6. The summed E-state index contributed by atoms with van der Waals surface area (Å²) >= 11 is 0. The predicted molar refractivity (Wildman–Crippen MR) is 198 cm³/mol. The van der Waals surface area contributed by atoms with E-state index in [4.69, 9.17) is 4.42 Å². The molecule has 9 aromatic rings. The van der Waals surface area contributed by atoms with Gasteiger partial charge in [-0.15, -0.1) is 0 Å². The number of rotatable bonds is 6. The number of para-hydroxylation sites is 4. The van der Waals surface area contributed by atoms with Gasteiger partial charge in [-0.05, 0) is 106 Å². The summed E-state index contributed by atoms with van der Waals surface area (Å²) in [6.45, 7) is 0. The van der Waals surface area contributed by atoms with E-state index in [0.29, 0.717) is 0 Å². The Bertz CT molecular complexity index is 2250. The van der Waals surface area contributed by atoms with Crippen molar-refractivity contribution in [1.82, 2.24) is 0 Å². The molecule has 0 fully saturated rings. The number of benzene rings is 8. The highest BCUT2D eigenvalue weighted by atomic mass is 16.3. The second-order valence-electron chi connectivity index (χ2n) is 11.8. The number of hydrogen-bond acceptors (Lipinski definition) is 3. The standard InChI is InChI=1S/C44H30N2O/c1-5-13-33(14-6-1)45(34-15-7-2-8-16-34)37-23-25-39-31(29-37)21-27-41-43(39)44-40-26-24-38(30-32(40)22-28-42(44)47-41)46(35-17-9-3-10-18-35)36-19-11-4-12-20-36/h1-30H. The van der Waals surface area contributed by atoms with Crippen LogP contribution in [-0.4, -0.2) is 0 Å². The lowest BCUT2D eigenvalue weighted by molar-refractivity contribution is 0.669. The second-order valence-corrected chi connectivity index (χ2v) is 11.8. The van der Waals surface area contributed by atoms with Gasteiger partial charge >= 0.3 is 0 Å². The van der Waals surface area contributed by atoms with Gasteiger partial charge in [0.1, 0.15) is 11.2 Å². The van der Waals surface area contributed by atoms with Gasteiger partial charge in [-0.2, -0.15) is 0 Å². The van der Waals surface area contributed by atoms with Crippen molar-refractivity contribution in [2.24, 2.45) is 0 Å². The fraction of sp³-hybridized carbons (Fsp3) is 0. The Morgan fingerprint density at radius 3 is 0.979 bits per heavy atom. The number of hydrogen-bond donors (Lipinski definition) is 0. The largest absolute Gasteiger partial charge is 0.456 e. The maximum Gasteiger partial charge on any atom is 0.136 e. The van der Waals surface area contributed by atoms with E-state index in [9.17, 15) is 0 Å². The summed E-state index contributed by atoms with van der Waals surface area (Å²) in [4.78, 5) is 4.61. The maximum absolute atomic E-state index is 6.48. The van der Waals surface area contributed by atoms with E-state index in [-0.39, 0.29) is 0 Å². The molecular weight excluding hydrogens is 572 g/mol. The molecule has 222 valence electrons. The van der Waals surface area contributed by atoms with E-state index in [2.05, 4.69) is 192 Å². The minimum Gasteiger partial charge on any atom is -0.456 e. The third kappa shape index (κ3) is 4.68. The molecule has 3 nitrogen and oxygen atoms in total. The molecule has 0 bridgehead atoms. The number of furan rings is 1. The van der Waals surface area contributed by atoms with Crippen LogP contribution < -0.4 is 9.80 Å². The minimum atomic E-state index is 0.898. The van der Waals surface area contributed by atoms with Crippen LogP contribution >= 0.6 is 0 Å². The number of fused-ring (bicyclic) bond motifs is 7. The highest BCUT2D eigenvalue weighted by molar-refractivity contribution is 6.26. The molecule has 8 aromatic carbocycles. The van der Waals surface area contributed by atoms with E-state index in [0.717, 1.165) is 56.1 Å². The van der Waals surface area contributed by atoms with Gasteiger partial charge in [-0.1, -0.05) is 97.1 Å². The molecule has 0 saturated carbocycles. The van der Waals surface area contributed by atoms with E-state index in [1.54, 1.807) is 0 Å². The Labute approximate surface area is 273 Å². The summed E-state index contributed by atoms with van der Waals surface area (Å²) in [5.41, 5.74) is 8.50. The Morgan fingerprint density at radius 2 is 0.638 bits per heavy atom. The summed E-state index contributed by atoms with van der Waals surface area (Å²) in [5.74, 6) is 0. The summed E-state index contributed by atoms with van der Waals surface area (Å²) in [6.07, 6.45) is 0. The molecular formula is C44H30N2O. The topological polar surface area (TPSA) is 19.6 Å². The van der Waals surface area contributed by atoms with Crippen LogP contribution in [0.1, 0.15) is 0 Å². The van der Waals surface area contributed by atoms with Crippen LogP contribution in [0.25, 0.3) is 43.5 Å². The van der Waals surface area contributed by atoms with Crippen LogP contribution in [0.3, 0.4) is 0 Å². The zero-order valence-corrected chi connectivity index (χ0v) is 25.6. The highest BCUT2D eigenvalue weighted by Crippen LogP contribution is 2.43. The first-order valence-electron chi connectivity index (χ1n) is 15.9. The van der Waals surface area contributed by atoms with Crippen LogP contribution in [-0.2, 0) is 0 Å². The molecule has 0 N–H and O–H groups in total. The highest BCUT2D eigenvalue weighted by Gasteiger charge is 2.18. The fourth-order valence-electron chi connectivity index (χ4n) is 6.88. The van der Waals surface area contributed by atoms with Crippen molar-refractivity contribution in [3.05, 3.63) is 182 Å². The first-order chi connectivity index (χ1) is 23.3. The minimum absolute atomic E-state index is 0.898. The van der Waals surface area contributed by atoms with Crippen LogP contribution in [0.15, 0.2) is 186 Å². The van der Waals surface area contributed by atoms with Crippen molar-refractivity contribution in [2.75, 3.05) is 9.80 Å². The van der Waals surface area contributed by atoms with E-state index >= 15 is 0 Å². The summed E-state index contributed by atoms with van der Waals surface area (Å²) in [5, 5.41) is 6.99. The van der Waals surface area contributed by atoms with E-state index in [1.165, 1.54) is 21.5 Å². The fourth-order valence-corrected chi connectivity index (χ4v) is 6.88. The van der Waals surface area contributed by atoms with Crippen LogP contribution in [0.2, 0.25) is 0 Å². The van der Waals surface area contributed by atoms with Gasteiger partial charge in [-0.25, -0.2) is 0 Å². The van der Waals surface area contributed by atoms with Crippen LogP contribution in [0.5, 0.6) is 0 Å². The molecule has 0 aliphatic rings.